The van der Waals surface area contributed by atoms with Gasteiger partial charge in [-0.15, -0.1) is 6.58 Å². The molecule has 2 fully saturated rings. The van der Waals surface area contributed by atoms with Crippen LogP contribution in [0.1, 0.15) is 125 Å². The lowest BCUT2D eigenvalue weighted by molar-refractivity contribution is -0.272. The van der Waals surface area contributed by atoms with Crippen LogP contribution in [-0.4, -0.2) is 0 Å². The lowest BCUT2D eigenvalue weighted by Crippen LogP contribution is -2.21. The number of halogens is 2. The number of hydrogen-bond donors (Lipinski definition) is 0. The first-order valence-corrected chi connectivity index (χ1v) is 14.3. The molecule has 1 atom stereocenters. The molecule has 0 aliphatic heterocycles. The summed E-state index contributed by atoms with van der Waals surface area (Å²) in [5.41, 5.74) is 3.23. The maximum Gasteiger partial charge on any atom is 0.383 e. The Morgan fingerprint density at radius 2 is 1.33 bits per heavy atom. The Labute approximate surface area is 217 Å². The molecule has 0 spiro atoms. The highest BCUT2D eigenvalue weighted by Gasteiger charge is 2.35. The average molecular weight is 495 g/mol. The van der Waals surface area contributed by atoms with E-state index in [0.29, 0.717) is 11.8 Å². The molecule has 0 heterocycles. The predicted molar refractivity (Wildman–Crippen MR) is 145 cm³/mol. The standard InChI is InChI=1S/C33H44F2O/c1-4-6-7-26-10-14-29(15-11-26)31-20-22-32(23-21-31)33(34,35)36-24(3)27-16-18-30(19-17-27)28-12-8-25(5-2)9-13-28/h4,16-26,28-29H,1,5-15H2,2-3H3. The van der Waals surface area contributed by atoms with Gasteiger partial charge in [0.1, 0.15) is 0 Å². The summed E-state index contributed by atoms with van der Waals surface area (Å²) in [7, 11) is 0. The van der Waals surface area contributed by atoms with E-state index in [9.17, 15) is 0 Å². The summed E-state index contributed by atoms with van der Waals surface area (Å²) in [5, 5.41) is 0. The van der Waals surface area contributed by atoms with Gasteiger partial charge in [-0.05, 0) is 111 Å². The monoisotopic (exact) mass is 494 g/mol. The van der Waals surface area contributed by atoms with Crippen LogP contribution in [0, 0.1) is 11.8 Å². The van der Waals surface area contributed by atoms with Gasteiger partial charge in [-0.2, -0.15) is 8.78 Å². The van der Waals surface area contributed by atoms with E-state index in [2.05, 4.69) is 25.6 Å². The maximum absolute atomic E-state index is 15.0. The minimum atomic E-state index is -3.32. The van der Waals surface area contributed by atoms with E-state index in [0.717, 1.165) is 36.7 Å². The second-order valence-electron chi connectivity index (χ2n) is 11.3. The summed E-state index contributed by atoms with van der Waals surface area (Å²) in [6.07, 6.45) is 11.3. The fourth-order valence-electron chi connectivity index (χ4n) is 6.39. The van der Waals surface area contributed by atoms with Crippen molar-refractivity contribution in [2.24, 2.45) is 11.8 Å². The van der Waals surface area contributed by atoms with Crippen LogP contribution in [0.25, 0.3) is 0 Å². The van der Waals surface area contributed by atoms with Gasteiger partial charge in [0.25, 0.3) is 0 Å². The molecule has 0 aromatic heterocycles. The van der Waals surface area contributed by atoms with Crippen molar-refractivity contribution in [1.82, 2.24) is 0 Å². The second-order valence-corrected chi connectivity index (χ2v) is 11.3. The van der Waals surface area contributed by atoms with Gasteiger partial charge in [0, 0.05) is 0 Å². The van der Waals surface area contributed by atoms with Crippen LogP contribution in [0.2, 0.25) is 0 Å². The third-order valence-electron chi connectivity index (χ3n) is 8.97. The van der Waals surface area contributed by atoms with Crippen LogP contribution in [-0.2, 0) is 10.8 Å². The van der Waals surface area contributed by atoms with E-state index < -0.39 is 12.2 Å². The molecule has 0 radical (unpaired) electrons. The van der Waals surface area contributed by atoms with Crippen molar-refractivity contribution in [2.75, 3.05) is 0 Å². The Morgan fingerprint density at radius 3 is 1.83 bits per heavy atom. The zero-order valence-corrected chi connectivity index (χ0v) is 22.2. The number of allylic oxidation sites excluding steroid dienone is 1. The van der Waals surface area contributed by atoms with Crippen LogP contribution in [0.5, 0.6) is 0 Å². The minimum Gasteiger partial charge on any atom is -0.309 e. The third-order valence-corrected chi connectivity index (χ3v) is 8.97. The Bertz CT molecular complexity index is 933. The maximum atomic E-state index is 15.0. The molecule has 0 saturated heterocycles. The first-order chi connectivity index (χ1) is 17.4. The molecule has 2 aromatic carbocycles. The van der Waals surface area contributed by atoms with Gasteiger partial charge < -0.3 is 4.74 Å². The van der Waals surface area contributed by atoms with E-state index in [1.54, 1.807) is 19.1 Å². The minimum absolute atomic E-state index is 0.0675. The largest absolute Gasteiger partial charge is 0.383 e. The van der Waals surface area contributed by atoms with Gasteiger partial charge in [-0.1, -0.05) is 68.0 Å². The highest BCUT2D eigenvalue weighted by Crippen LogP contribution is 2.41. The fourth-order valence-corrected chi connectivity index (χ4v) is 6.39. The van der Waals surface area contributed by atoms with Gasteiger partial charge >= 0.3 is 6.11 Å². The smallest absolute Gasteiger partial charge is 0.309 e. The SMILES string of the molecule is C=CCCC1CCC(c2ccc(C(F)(F)OC(C)c3ccc(C4CCC(CC)CC4)cc3)cc2)CC1. The number of ether oxygens (including phenoxy) is 1. The predicted octanol–water partition coefficient (Wildman–Crippen LogP) is 10.4. The highest BCUT2D eigenvalue weighted by atomic mass is 19.3. The summed E-state index contributed by atoms with van der Waals surface area (Å²) < 4.78 is 35.4. The molecule has 0 amide bonds. The molecule has 36 heavy (non-hydrogen) atoms. The number of rotatable bonds is 10. The van der Waals surface area contributed by atoms with Crippen molar-refractivity contribution in [3.8, 4) is 0 Å². The van der Waals surface area contributed by atoms with Gasteiger partial charge in [-0.3, -0.25) is 0 Å². The molecule has 4 rings (SSSR count). The van der Waals surface area contributed by atoms with E-state index in [-0.39, 0.29) is 5.56 Å². The first kappa shape index (κ1) is 27.0. The van der Waals surface area contributed by atoms with Gasteiger partial charge in [0.15, 0.2) is 0 Å². The van der Waals surface area contributed by atoms with Crippen molar-refractivity contribution in [3.05, 3.63) is 83.4 Å². The van der Waals surface area contributed by atoms with Crippen LogP contribution in [0.3, 0.4) is 0 Å². The van der Waals surface area contributed by atoms with Crippen molar-refractivity contribution >= 4 is 0 Å². The van der Waals surface area contributed by atoms with E-state index >= 15 is 8.78 Å². The molecule has 1 nitrogen and oxygen atoms in total. The molecule has 1 unspecified atom stereocenters. The molecule has 3 heteroatoms. The van der Waals surface area contributed by atoms with Crippen LogP contribution < -0.4 is 0 Å². The van der Waals surface area contributed by atoms with E-state index in [4.69, 9.17) is 4.74 Å². The Hall–Kier alpha value is -2.00. The highest BCUT2D eigenvalue weighted by molar-refractivity contribution is 5.29. The number of hydrogen-bond acceptors (Lipinski definition) is 1. The molecule has 2 aliphatic rings. The second kappa shape index (κ2) is 12.5. The fraction of sp³-hybridized carbons (Fsp3) is 0.576. The summed E-state index contributed by atoms with van der Waals surface area (Å²) >= 11 is 0. The van der Waals surface area contributed by atoms with E-state index in [1.165, 1.54) is 62.5 Å². The molecule has 196 valence electrons. The Balaban J connectivity index is 1.31. The molecule has 2 saturated carbocycles. The van der Waals surface area contributed by atoms with Crippen LogP contribution >= 0.6 is 0 Å². The molecule has 0 N–H and O–H groups in total. The lowest BCUT2D eigenvalue weighted by atomic mass is 9.77. The summed E-state index contributed by atoms with van der Waals surface area (Å²) in [5.74, 6) is 2.72. The summed E-state index contributed by atoms with van der Waals surface area (Å²) in [4.78, 5) is 0. The zero-order chi connectivity index (χ0) is 25.5. The molecule has 2 aromatic rings. The molecule has 0 bridgehead atoms. The zero-order valence-electron chi connectivity index (χ0n) is 22.2. The third kappa shape index (κ3) is 6.85. The molecular formula is C33H44F2O. The molecule has 2 aliphatic carbocycles. The Morgan fingerprint density at radius 1 is 0.833 bits per heavy atom. The summed E-state index contributed by atoms with van der Waals surface area (Å²) in [6, 6.07) is 15.1. The van der Waals surface area contributed by atoms with Crippen molar-refractivity contribution in [1.29, 1.82) is 0 Å². The normalized spacial score (nSPS) is 25.9. The topological polar surface area (TPSA) is 9.23 Å². The van der Waals surface area contributed by atoms with Crippen molar-refractivity contribution < 1.29 is 13.5 Å². The van der Waals surface area contributed by atoms with Gasteiger partial charge in [0.05, 0.1) is 11.7 Å². The quantitative estimate of drug-likeness (QED) is 0.298. The molecular weight excluding hydrogens is 450 g/mol. The van der Waals surface area contributed by atoms with Crippen molar-refractivity contribution in [3.63, 3.8) is 0 Å². The number of benzene rings is 2. The van der Waals surface area contributed by atoms with E-state index in [1.807, 2.05) is 30.3 Å². The first-order valence-electron chi connectivity index (χ1n) is 14.3. The van der Waals surface area contributed by atoms with Crippen LogP contribution in [0.15, 0.2) is 61.2 Å². The summed E-state index contributed by atoms with van der Waals surface area (Å²) in [6.45, 7) is 7.82. The Kier molecular flexibility index (Phi) is 9.39. The van der Waals surface area contributed by atoms with Crippen LogP contribution in [0.4, 0.5) is 8.78 Å². The lowest BCUT2D eigenvalue weighted by Gasteiger charge is -2.29. The van der Waals surface area contributed by atoms with Gasteiger partial charge in [0.2, 0.25) is 0 Å². The van der Waals surface area contributed by atoms with Crippen molar-refractivity contribution in [2.45, 2.75) is 109 Å². The average Bonchev–Trinajstić information content (AvgIpc) is 2.92. The number of alkyl halides is 2. The van der Waals surface area contributed by atoms with Gasteiger partial charge in [-0.25, -0.2) is 0 Å².